The molecule has 1 atom stereocenters. The van der Waals surface area contributed by atoms with E-state index in [9.17, 15) is 14.9 Å². The Balaban J connectivity index is 1.94. The zero-order chi connectivity index (χ0) is 19.1. The minimum Gasteiger partial charge on any atom is -0.487 e. The van der Waals surface area contributed by atoms with E-state index in [1.165, 1.54) is 18.2 Å². The Kier molecular flexibility index (Phi) is 4.63. The Morgan fingerprint density at radius 3 is 2.73 bits per heavy atom. The molecule has 2 aromatic rings. The number of non-ortho nitro benzene ring substituents is 1. The second-order valence-electron chi connectivity index (χ2n) is 7.05. The maximum absolute atomic E-state index is 12.8. The number of rotatable bonds is 3. The summed E-state index contributed by atoms with van der Waals surface area (Å²) in [4.78, 5) is 23.2. The number of benzene rings is 2. The molecule has 3 rings (SSSR count). The summed E-state index contributed by atoms with van der Waals surface area (Å²) >= 11 is 6.09. The van der Waals surface area contributed by atoms with E-state index in [0.29, 0.717) is 6.42 Å². The molecule has 0 aliphatic carbocycles. The molecule has 1 N–H and O–H groups in total. The smallest absolute Gasteiger partial charge is 0.270 e. The zero-order valence-electron chi connectivity index (χ0n) is 14.7. The molecule has 7 heteroatoms. The van der Waals surface area contributed by atoms with Crippen LogP contribution in [0.2, 0.25) is 5.02 Å². The first-order chi connectivity index (χ1) is 12.2. The van der Waals surface area contributed by atoms with Gasteiger partial charge in [-0.15, -0.1) is 0 Å². The van der Waals surface area contributed by atoms with Gasteiger partial charge in [-0.05, 0) is 32.9 Å². The zero-order valence-corrected chi connectivity index (χ0v) is 15.5. The van der Waals surface area contributed by atoms with Gasteiger partial charge in [-0.3, -0.25) is 14.9 Å². The first-order valence-electron chi connectivity index (χ1n) is 8.21. The Morgan fingerprint density at radius 1 is 1.31 bits per heavy atom. The first kappa shape index (κ1) is 18.2. The Hall–Kier alpha value is -2.60. The van der Waals surface area contributed by atoms with Gasteiger partial charge in [0.15, 0.2) is 0 Å². The molecule has 136 valence electrons. The van der Waals surface area contributed by atoms with E-state index in [-0.39, 0.29) is 22.3 Å². The van der Waals surface area contributed by atoms with Gasteiger partial charge in [0.1, 0.15) is 11.4 Å². The number of hydrogen-bond donors (Lipinski definition) is 1. The van der Waals surface area contributed by atoms with Gasteiger partial charge in [0.2, 0.25) is 0 Å². The SMILES string of the molecule is Cc1ccc2c(c1)[C@H](NC(=O)c1cc([N+](=O)[O-])ccc1Cl)CC(C)(C)O2. The van der Waals surface area contributed by atoms with Gasteiger partial charge in [0.25, 0.3) is 11.6 Å². The maximum Gasteiger partial charge on any atom is 0.270 e. The van der Waals surface area contributed by atoms with E-state index in [1.807, 2.05) is 39.0 Å². The highest BCUT2D eigenvalue weighted by molar-refractivity contribution is 6.34. The number of aryl methyl sites for hydroxylation is 1. The summed E-state index contributed by atoms with van der Waals surface area (Å²) < 4.78 is 6.00. The van der Waals surface area contributed by atoms with Crippen LogP contribution in [0.3, 0.4) is 0 Å². The van der Waals surface area contributed by atoms with Crippen LogP contribution in [-0.2, 0) is 0 Å². The third-order valence-corrected chi connectivity index (χ3v) is 4.66. The van der Waals surface area contributed by atoms with Crippen molar-refractivity contribution in [2.24, 2.45) is 0 Å². The van der Waals surface area contributed by atoms with E-state index in [2.05, 4.69) is 5.32 Å². The van der Waals surface area contributed by atoms with Crippen LogP contribution in [0, 0.1) is 17.0 Å². The van der Waals surface area contributed by atoms with Crippen LogP contribution in [0.5, 0.6) is 5.75 Å². The number of nitrogens with zero attached hydrogens (tertiary/aromatic N) is 1. The fraction of sp³-hybridized carbons (Fsp3) is 0.316. The lowest BCUT2D eigenvalue weighted by Crippen LogP contribution is -2.41. The second-order valence-corrected chi connectivity index (χ2v) is 7.46. The third kappa shape index (κ3) is 3.65. The number of hydrogen-bond acceptors (Lipinski definition) is 4. The van der Waals surface area contributed by atoms with Gasteiger partial charge in [0.05, 0.1) is 21.6 Å². The minimum absolute atomic E-state index is 0.0827. The monoisotopic (exact) mass is 374 g/mol. The minimum atomic E-state index is -0.552. The van der Waals surface area contributed by atoms with Crippen molar-refractivity contribution in [1.29, 1.82) is 0 Å². The molecule has 0 fully saturated rings. The predicted molar refractivity (Wildman–Crippen MR) is 98.8 cm³/mol. The lowest BCUT2D eigenvalue weighted by molar-refractivity contribution is -0.384. The van der Waals surface area contributed by atoms with E-state index >= 15 is 0 Å². The van der Waals surface area contributed by atoms with Crippen molar-refractivity contribution >= 4 is 23.2 Å². The summed E-state index contributed by atoms with van der Waals surface area (Å²) in [5, 5.41) is 14.1. The van der Waals surface area contributed by atoms with E-state index < -0.39 is 16.4 Å². The van der Waals surface area contributed by atoms with Crippen LogP contribution < -0.4 is 10.1 Å². The van der Waals surface area contributed by atoms with Crippen LogP contribution in [0.25, 0.3) is 0 Å². The van der Waals surface area contributed by atoms with Gasteiger partial charge < -0.3 is 10.1 Å². The van der Waals surface area contributed by atoms with Crippen molar-refractivity contribution in [1.82, 2.24) is 5.32 Å². The van der Waals surface area contributed by atoms with Crippen LogP contribution in [0.1, 0.15) is 47.8 Å². The number of carbonyl (C=O) groups excluding carboxylic acids is 1. The number of nitro benzene ring substituents is 1. The molecule has 1 amide bonds. The van der Waals surface area contributed by atoms with Crippen LogP contribution in [0.4, 0.5) is 5.69 Å². The Bertz CT molecular complexity index is 895. The van der Waals surface area contributed by atoms with Crippen molar-refractivity contribution in [2.45, 2.75) is 38.8 Å². The average Bonchev–Trinajstić information content (AvgIpc) is 2.55. The molecule has 0 spiro atoms. The fourth-order valence-corrected chi connectivity index (χ4v) is 3.34. The summed E-state index contributed by atoms with van der Waals surface area (Å²) in [6.07, 6.45) is 0.571. The lowest BCUT2D eigenvalue weighted by atomic mass is 9.88. The van der Waals surface area contributed by atoms with Crippen LogP contribution in [-0.4, -0.2) is 16.4 Å². The Labute approximate surface area is 156 Å². The molecule has 0 bridgehead atoms. The molecule has 1 aliphatic rings. The summed E-state index contributed by atoms with van der Waals surface area (Å²) in [7, 11) is 0. The summed E-state index contributed by atoms with van der Waals surface area (Å²) in [5.74, 6) is 0.274. The van der Waals surface area contributed by atoms with Gasteiger partial charge in [-0.25, -0.2) is 0 Å². The quantitative estimate of drug-likeness (QED) is 0.629. The number of nitrogens with one attached hydrogen (secondary N) is 1. The van der Waals surface area contributed by atoms with Gasteiger partial charge in [-0.1, -0.05) is 29.3 Å². The third-order valence-electron chi connectivity index (χ3n) is 4.33. The van der Waals surface area contributed by atoms with Gasteiger partial charge >= 0.3 is 0 Å². The lowest BCUT2D eigenvalue weighted by Gasteiger charge is -2.38. The topological polar surface area (TPSA) is 81.5 Å². The van der Waals surface area contributed by atoms with Crippen molar-refractivity contribution in [3.63, 3.8) is 0 Å². The highest BCUT2D eigenvalue weighted by atomic mass is 35.5. The molecule has 26 heavy (non-hydrogen) atoms. The van der Waals surface area contributed by atoms with Crippen LogP contribution >= 0.6 is 11.6 Å². The number of carbonyl (C=O) groups is 1. The predicted octanol–water partition coefficient (Wildman–Crippen LogP) is 4.59. The molecule has 0 radical (unpaired) electrons. The fourth-order valence-electron chi connectivity index (χ4n) is 3.14. The van der Waals surface area contributed by atoms with Crippen LogP contribution in [0.15, 0.2) is 36.4 Å². The van der Waals surface area contributed by atoms with Gasteiger partial charge in [-0.2, -0.15) is 0 Å². The van der Waals surface area contributed by atoms with Crippen molar-refractivity contribution in [2.75, 3.05) is 0 Å². The number of ether oxygens (including phenoxy) is 1. The first-order valence-corrected chi connectivity index (χ1v) is 8.58. The molecule has 0 aromatic heterocycles. The van der Waals surface area contributed by atoms with E-state index in [0.717, 1.165) is 16.9 Å². The molecule has 1 heterocycles. The summed E-state index contributed by atoms with van der Waals surface area (Å²) in [5.41, 5.74) is 1.40. The van der Waals surface area contributed by atoms with Crippen molar-refractivity contribution in [3.05, 3.63) is 68.2 Å². The van der Waals surface area contributed by atoms with E-state index in [4.69, 9.17) is 16.3 Å². The molecule has 0 saturated carbocycles. The maximum atomic E-state index is 12.8. The highest BCUT2D eigenvalue weighted by Gasteiger charge is 2.35. The molecule has 1 aliphatic heterocycles. The number of halogens is 1. The standard InChI is InChI=1S/C19H19ClN2O4/c1-11-4-7-17-14(8-11)16(10-19(2,3)26-17)21-18(23)13-9-12(22(24)25)5-6-15(13)20/h4-9,16H,10H2,1-3H3,(H,21,23)/t16-/m1/s1. The summed E-state index contributed by atoms with van der Waals surface area (Å²) in [6.45, 7) is 5.88. The van der Waals surface area contributed by atoms with Crippen molar-refractivity contribution in [3.8, 4) is 5.75 Å². The summed E-state index contributed by atoms with van der Waals surface area (Å²) in [6, 6.07) is 9.37. The van der Waals surface area contributed by atoms with E-state index in [1.54, 1.807) is 0 Å². The molecule has 0 saturated heterocycles. The van der Waals surface area contributed by atoms with Gasteiger partial charge in [0, 0.05) is 24.1 Å². The number of fused-ring (bicyclic) bond motifs is 1. The Morgan fingerprint density at radius 2 is 2.04 bits per heavy atom. The highest BCUT2D eigenvalue weighted by Crippen LogP contribution is 2.40. The normalized spacial score (nSPS) is 17.8. The molecular weight excluding hydrogens is 356 g/mol. The molecule has 0 unspecified atom stereocenters. The van der Waals surface area contributed by atoms with Crippen molar-refractivity contribution < 1.29 is 14.5 Å². The average molecular weight is 375 g/mol. The molecule has 2 aromatic carbocycles. The molecule has 6 nitrogen and oxygen atoms in total. The number of nitro groups is 1. The largest absolute Gasteiger partial charge is 0.487 e. The number of amides is 1. The molecular formula is C19H19ClN2O4. The second kappa shape index (κ2) is 6.61.